The normalized spacial score (nSPS) is 23.9. The minimum atomic E-state index is -0.498. The van der Waals surface area contributed by atoms with Crippen molar-refractivity contribution in [2.75, 3.05) is 19.8 Å². The maximum atomic E-state index is 12.7. The number of benzene rings is 1. The van der Waals surface area contributed by atoms with Crippen LogP contribution in [0.4, 0.5) is 0 Å². The van der Waals surface area contributed by atoms with Gasteiger partial charge in [0.05, 0.1) is 6.10 Å². The smallest absolute Gasteiger partial charge is 0.254 e. The molecule has 1 aromatic rings. The SMILES string of the molecule is NC(=O)C1CCCCN1C(=O)c1ccc(OCC2CCCO2)cc1. The van der Waals surface area contributed by atoms with Crippen LogP contribution >= 0.6 is 0 Å². The highest BCUT2D eigenvalue weighted by Gasteiger charge is 2.31. The fraction of sp³-hybridized carbons (Fsp3) is 0.556. The number of likely N-dealkylation sites (tertiary alicyclic amines) is 1. The number of carbonyl (C=O) groups excluding carboxylic acids is 2. The minimum absolute atomic E-state index is 0.149. The number of ether oxygens (including phenoxy) is 2. The molecule has 0 radical (unpaired) electrons. The molecule has 0 aromatic heterocycles. The lowest BCUT2D eigenvalue weighted by molar-refractivity contribution is -0.123. The molecule has 3 rings (SSSR count). The Hall–Kier alpha value is -2.08. The van der Waals surface area contributed by atoms with Crippen LogP contribution in [0.1, 0.15) is 42.5 Å². The Morgan fingerprint density at radius 2 is 1.96 bits per heavy atom. The number of carbonyl (C=O) groups is 2. The van der Waals surface area contributed by atoms with Crippen molar-refractivity contribution in [3.63, 3.8) is 0 Å². The maximum Gasteiger partial charge on any atom is 0.254 e. The molecule has 24 heavy (non-hydrogen) atoms. The molecule has 0 spiro atoms. The summed E-state index contributed by atoms with van der Waals surface area (Å²) in [6, 6.07) is 6.54. The van der Waals surface area contributed by atoms with E-state index in [-0.39, 0.29) is 12.0 Å². The summed E-state index contributed by atoms with van der Waals surface area (Å²) < 4.78 is 11.2. The van der Waals surface area contributed by atoms with Gasteiger partial charge >= 0.3 is 0 Å². The average Bonchev–Trinajstić information content (AvgIpc) is 3.13. The Bertz CT molecular complexity index is 581. The molecule has 0 saturated carbocycles. The molecule has 2 heterocycles. The van der Waals surface area contributed by atoms with E-state index in [1.807, 2.05) is 0 Å². The molecule has 2 atom stereocenters. The highest BCUT2D eigenvalue weighted by atomic mass is 16.5. The molecule has 6 heteroatoms. The summed E-state index contributed by atoms with van der Waals surface area (Å²) in [5, 5.41) is 0. The molecule has 2 aliphatic heterocycles. The summed E-state index contributed by atoms with van der Waals surface area (Å²) >= 11 is 0. The van der Waals surface area contributed by atoms with E-state index >= 15 is 0 Å². The van der Waals surface area contributed by atoms with Crippen LogP contribution in [0.25, 0.3) is 0 Å². The Labute approximate surface area is 141 Å². The van der Waals surface area contributed by atoms with Gasteiger partial charge in [-0.25, -0.2) is 0 Å². The molecule has 2 unspecified atom stereocenters. The zero-order valence-electron chi connectivity index (χ0n) is 13.8. The van der Waals surface area contributed by atoms with Gasteiger partial charge in [0.15, 0.2) is 0 Å². The van der Waals surface area contributed by atoms with Crippen molar-refractivity contribution in [3.05, 3.63) is 29.8 Å². The van der Waals surface area contributed by atoms with E-state index in [1.54, 1.807) is 29.2 Å². The van der Waals surface area contributed by atoms with Crippen LogP contribution in [0.2, 0.25) is 0 Å². The Balaban J connectivity index is 1.61. The van der Waals surface area contributed by atoms with Gasteiger partial charge in [0.2, 0.25) is 5.91 Å². The van der Waals surface area contributed by atoms with Gasteiger partial charge < -0.3 is 20.1 Å². The van der Waals surface area contributed by atoms with Gasteiger partial charge in [0.25, 0.3) is 5.91 Å². The van der Waals surface area contributed by atoms with E-state index in [0.29, 0.717) is 30.9 Å². The van der Waals surface area contributed by atoms with E-state index in [0.717, 1.165) is 32.3 Å². The summed E-state index contributed by atoms with van der Waals surface area (Å²) in [5.74, 6) is 0.135. The Morgan fingerprint density at radius 3 is 2.62 bits per heavy atom. The van der Waals surface area contributed by atoms with Crippen molar-refractivity contribution in [1.82, 2.24) is 4.90 Å². The Morgan fingerprint density at radius 1 is 1.17 bits per heavy atom. The molecule has 6 nitrogen and oxygen atoms in total. The number of hydrogen-bond donors (Lipinski definition) is 1. The van der Waals surface area contributed by atoms with Crippen LogP contribution in [0.15, 0.2) is 24.3 Å². The third-order valence-electron chi connectivity index (χ3n) is 4.65. The molecule has 0 aliphatic carbocycles. The molecular weight excluding hydrogens is 308 g/mol. The van der Waals surface area contributed by atoms with Gasteiger partial charge in [-0.1, -0.05) is 0 Å². The van der Waals surface area contributed by atoms with E-state index in [1.165, 1.54) is 0 Å². The van der Waals surface area contributed by atoms with E-state index < -0.39 is 11.9 Å². The van der Waals surface area contributed by atoms with Crippen LogP contribution < -0.4 is 10.5 Å². The second kappa shape index (κ2) is 7.66. The molecule has 130 valence electrons. The highest BCUT2D eigenvalue weighted by molar-refractivity contribution is 5.97. The van der Waals surface area contributed by atoms with Gasteiger partial charge in [-0.15, -0.1) is 0 Å². The van der Waals surface area contributed by atoms with E-state index in [2.05, 4.69) is 0 Å². The number of hydrogen-bond acceptors (Lipinski definition) is 4. The van der Waals surface area contributed by atoms with Crippen molar-refractivity contribution in [2.24, 2.45) is 5.73 Å². The summed E-state index contributed by atoms with van der Waals surface area (Å²) in [5.41, 5.74) is 5.98. The molecule has 0 bridgehead atoms. The Kier molecular flexibility index (Phi) is 5.35. The number of amides is 2. The number of nitrogens with two attached hydrogens (primary N) is 1. The van der Waals surface area contributed by atoms with Crippen molar-refractivity contribution >= 4 is 11.8 Å². The number of nitrogens with zero attached hydrogens (tertiary/aromatic N) is 1. The first-order valence-electron chi connectivity index (χ1n) is 8.60. The van der Waals surface area contributed by atoms with Crippen LogP contribution in [-0.4, -0.2) is 48.6 Å². The summed E-state index contributed by atoms with van der Waals surface area (Å²) in [6.45, 7) is 1.91. The molecule has 1 aromatic carbocycles. The molecule has 2 aliphatic rings. The van der Waals surface area contributed by atoms with Crippen molar-refractivity contribution in [1.29, 1.82) is 0 Å². The van der Waals surface area contributed by atoms with Gasteiger partial charge in [0.1, 0.15) is 18.4 Å². The molecule has 2 amide bonds. The zero-order chi connectivity index (χ0) is 16.9. The van der Waals surface area contributed by atoms with Crippen molar-refractivity contribution in [3.8, 4) is 5.75 Å². The highest BCUT2D eigenvalue weighted by Crippen LogP contribution is 2.21. The van der Waals surface area contributed by atoms with Crippen LogP contribution in [0, 0.1) is 0 Å². The van der Waals surface area contributed by atoms with Gasteiger partial charge in [-0.3, -0.25) is 9.59 Å². The minimum Gasteiger partial charge on any atom is -0.491 e. The predicted molar refractivity (Wildman–Crippen MR) is 88.8 cm³/mol. The summed E-state index contributed by atoms with van der Waals surface area (Å²) in [6.07, 6.45) is 4.74. The standard InChI is InChI=1S/C18H24N2O4/c19-17(21)16-5-1-2-10-20(16)18(22)13-6-8-14(9-7-13)24-12-15-4-3-11-23-15/h6-9,15-16H,1-5,10-12H2,(H2,19,21). The third kappa shape index (κ3) is 3.87. The second-order valence-electron chi connectivity index (χ2n) is 6.38. The number of primary amides is 1. The monoisotopic (exact) mass is 332 g/mol. The first kappa shape index (κ1) is 16.8. The van der Waals surface area contributed by atoms with E-state index in [4.69, 9.17) is 15.2 Å². The second-order valence-corrected chi connectivity index (χ2v) is 6.38. The van der Waals surface area contributed by atoms with Gasteiger partial charge in [-0.2, -0.15) is 0 Å². The molecule has 2 N–H and O–H groups in total. The number of rotatable bonds is 5. The van der Waals surface area contributed by atoms with Gasteiger partial charge in [0, 0.05) is 18.7 Å². The quantitative estimate of drug-likeness (QED) is 0.890. The largest absolute Gasteiger partial charge is 0.491 e. The van der Waals surface area contributed by atoms with Crippen LogP contribution in [0.3, 0.4) is 0 Å². The number of piperidine rings is 1. The van der Waals surface area contributed by atoms with Crippen molar-refractivity contribution in [2.45, 2.75) is 44.2 Å². The fourth-order valence-corrected chi connectivity index (χ4v) is 3.29. The van der Waals surface area contributed by atoms with Crippen LogP contribution in [0.5, 0.6) is 5.75 Å². The maximum absolute atomic E-state index is 12.7. The first-order valence-corrected chi connectivity index (χ1v) is 8.60. The summed E-state index contributed by atoms with van der Waals surface area (Å²) in [4.78, 5) is 25.8. The van der Waals surface area contributed by atoms with Crippen LogP contribution in [-0.2, 0) is 9.53 Å². The predicted octanol–water partition coefficient (Wildman–Crippen LogP) is 1.72. The lowest BCUT2D eigenvalue weighted by Crippen LogP contribution is -2.50. The zero-order valence-corrected chi connectivity index (χ0v) is 13.8. The molecular formula is C18H24N2O4. The fourth-order valence-electron chi connectivity index (χ4n) is 3.29. The lowest BCUT2D eigenvalue weighted by Gasteiger charge is -2.33. The van der Waals surface area contributed by atoms with E-state index in [9.17, 15) is 9.59 Å². The summed E-state index contributed by atoms with van der Waals surface area (Å²) in [7, 11) is 0. The van der Waals surface area contributed by atoms with Gasteiger partial charge in [-0.05, 0) is 56.4 Å². The topological polar surface area (TPSA) is 81.9 Å². The van der Waals surface area contributed by atoms with Crippen molar-refractivity contribution < 1.29 is 19.1 Å². The molecule has 2 saturated heterocycles. The molecule has 2 fully saturated rings. The third-order valence-corrected chi connectivity index (χ3v) is 4.65. The lowest BCUT2D eigenvalue weighted by atomic mass is 10.0. The first-order chi connectivity index (χ1) is 11.6. The average molecular weight is 332 g/mol.